The Bertz CT molecular complexity index is 168. The maximum absolute atomic E-state index is 11.7. The summed E-state index contributed by atoms with van der Waals surface area (Å²) in [6, 6.07) is 0. The number of rotatable bonds is 7. The van der Waals surface area contributed by atoms with Crippen molar-refractivity contribution < 1.29 is 13.6 Å². The molecule has 0 saturated carbocycles. The van der Waals surface area contributed by atoms with E-state index in [-0.39, 0.29) is 0 Å². The van der Waals surface area contributed by atoms with Gasteiger partial charge in [-0.1, -0.05) is 20.8 Å². The molecule has 0 amide bonds. The molecule has 3 nitrogen and oxygen atoms in total. The molecule has 0 rings (SSSR count). The Morgan fingerprint density at radius 1 is 1.23 bits per heavy atom. The van der Waals surface area contributed by atoms with Crippen molar-refractivity contribution in [1.29, 1.82) is 0 Å². The van der Waals surface area contributed by atoms with E-state index < -0.39 is 7.60 Å². The number of hydrogen-bond acceptors (Lipinski definition) is 3. The monoisotopic (exact) mass is 208 g/mol. The van der Waals surface area contributed by atoms with Gasteiger partial charge in [-0.25, -0.2) is 0 Å². The second-order valence-corrected chi connectivity index (χ2v) is 5.73. The highest BCUT2D eigenvalue weighted by molar-refractivity contribution is 7.53. The first-order valence-electron chi connectivity index (χ1n) is 4.92. The zero-order valence-corrected chi connectivity index (χ0v) is 9.97. The summed E-state index contributed by atoms with van der Waals surface area (Å²) >= 11 is 0. The van der Waals surface area contributed by atoms with Gasteiger partial charge in [0.25, 0.3) is 0 Å². The van der Waals surface area contributed by atoms with Gasteiger partial charge in [-0.15, -0.1) is 0 Å². The van der Waals surface area contributed by atoms with Gasteiger partial charge in [-0.05, 0) is 19.3 Å². The largest absolute Gasteiger partial charge is 0.330 e. The van der Waals surface area contributed by atoms with E-state index in [0.29, 0.717) is 25.3 Å². The van der Waals surface area contributed by atoms with Crippen LogP contribution in [-0.4, -0.2) is 19.4 Å². The molecule has 4 heteroatoms. The van der Waals surface area contributed by atoms with Crippen LogP contribution in [0.15, 0.2) is 0 Å². The van der Waals surface area contributed by atoms with Crippen LogP contribution in [0.3, 0.4) is 0 Å². The molecule has 0 aromatic heterocycles. The first-order chi connectivity index (χ1) is 6.04. The van der Waals surface area contributed by atoms with Crippen molar-refractivity contribution in [1.82, 2.24) is 0 Å². The lowest BCUT2D eigenvalue weighted by atomic mass is 10.2. The van der Waals surface area contributed by atoms with Crippen LogP contribution in [0.25, 0.3) is 0 Å². The lowest BCUT2D eigenvalue weighted by Crippen LogP contribution is -2.02. The third kappa shape index (κ3) is 6.25. The minimum atomic E-state index is -2.76. The van der Waals surface area contributed by atoms with Crippen molar-refractivity contribution in [3.8, 4) is 0 Å². The molecule has 0 aliphatic carbocycles. The molecule has 0 heterocycles. The Labute approximate surface area is 81.3 Å². The van der Waals surface area contributed by atoms with Gasteiger partial charge in [-0.3, -0.25) is 4.57 Å². The van der Waals surface area contributed by atoms with Gasteiger partial charge in [0.15, 0.2) is 0 Å². The molecule has 1 atom stereocenters. The summed E-state index contributed by atoms with van der Waals surface area (Å²) in [5.41, 5.74) is 0. The molecule has 0 aromatic carbocycles. The second-order valence-electron chi connectivity index (χ2n) is 3.36. The van der Waals surface area contributed by atoms with Crippen LogP contribution < -0.4 is 0 Å². The molecule has 80 valence electrons. The van der Waals surface area contributed by atoms with Crippen LogP contribution >= 0.6 is 7.60 Å². The van der Waals surface area contributed by atoms with Gasteiger partial charge in [0.1, 0.15) is 0 Å². The Balaban J connectivity index is 3.77. The normalized spacial score (nSPS) is 16.1. The second kappa shape index (κ2) is 6.58. The molecule has 13 heavy (non-hydrogen) atoms. The predicted molar refractivity (Wildman–Crippen MR) is 55.2 cm³/mol. The summed E-state index contributed by atoms with van der Waals surface area (Å²) in [6.07, 6.45) is 1.38. The maximum atomic E-state index is 11.7. The smallest absolute Gasteiger partial charge is 0.309 e. The van der Waals surface area contributed by atoms with E-state index in [9.17, 15) is 4.57 Å². The molecule has 0 N–H and O–H groups in total. The van der Waals surface area contributed by atoms with E-state index in [0.717, 1.165) is 6.42 Å². The fourth-order valence-corrected chi connectivity index (χ4v) is 2.06. The van der Waals surface area contributed by atoms with Crippen molar-refractivity contribution in [2.75, 3.05) is 19.4 Å². The number of hydrogen-bond donors (Lipinski definition) is 0. The van der Waals surface area contributed by atoms with E-state index in [4.69, 9.17) is 9.05 Å². The van der Waals surface area contributed by atoms with E-state index >= 15 is 0 Å². The zero-order chi connectivity index (χ0) is 10.3. The summed E-state index contributed by atoms with van der Waals surface area (Å²) in [5, 5.41) is 0. The molecular weight excluding hydrogens is 187 g/mol. The van der Waals surface area contributed by atoms with Gasteiger partial charge in [0.2, 0.25) is 0 Å². The van der Waals surface area contributed by atoms with Crippen LogP contribution in [-0.2, 0) is 13.6 Å². The summed E-state index contributed by atoms with van der Waals surface area (Å²) < 4.78 is 22.1. The molecule has 0 fully saturated rings. The Morgan fingerprint density at radius 3 is 2.23 bits per heavy atom. The van der Waals surface area contributed by atoms with Gasteiger partial charge < -0.3 is 9.05 Å². The standard InChI is InChI=1S/C9H21O3P/c1-5-11-13(10,6-2)12-8-7-9(3)4/h9H,5-8H2,1-4H3. The minimum Gasteiger partial charge on any atom is -0.309 e. The molecule has 0 saturated heterocycles. The van der Waals surface area contributed by atoms with Crippen molar-refractivity contribution in [2.24, 2.45) is 5.92 Å². The van der Waals surface area contributed by atoms with Crippen LogP contribution in [0.1, 0.15) is 34.1 Å². The van der Waals surface area contributed by atoms with Crippen LogP contribution in [0.2, 0.25) is 0 Å². The van der Waals surface area contributed by atoms with Crippen molar-refractivity contribution in [3.05, 3.63) is 0 Å². The third-order valence-electron chi connectivity index (χ3n) is 1.70. The highest BCUT2D eigenvalue weighted by Crippen LogP contribution is 2.47. The molecule has 1 unspecified atom stereocenters. The molecule has 0 aliphatic rings. The van der Waals surface area contributed by atoms with Crippen molar-refractivity contribution >= 4 is 7.60 Å². The maximum Gasteiger partial charge on any atom is 0.330 e. The Kier molecular flexibility index (Phi) is 6.66. The van der Waals surface area contributed by atoms with E-state index in [2.05, 4.69) is 13.8 Å². The van der Waals surface area contributed by atoms with Crippen LogP contribution in [0.4, 0.5) is 0 Å². The first-order valence-corrected chi connectivity index (χ1v) is 6.65. The fraction of sp³-hybridized carbons (Fsp3) is 1.00. The average Bonchev–Trinajstić information content (AvgIpc) is 2.04. The van der Waals surface area contributed by atoms with Gasteiger partial charge in [0.05, 0.1) is 13.2 Å². The highest BCUT2D eigenvalue weighted by Gasteiger charge is 2.20. The summed E-state index contributed by atoms with van der Waals surface area (Å²) in [5.74, 6) is 0.576. The van der Waals surface area contributed by atoms with Crippen molar-refractivity contribution in [3.63, 3.8) is 0 Å². The fourth-order valence-electron chi connectivity index (χ4n) is 0.844. The molecule has 0 aromatic rings. The third-order valence-corrected chi connectivity index (χ3v) is 3.70. The molecular formula is C9H21O3P. The zero-order valence-electron chi connectivity index (χ0n) is 9.08. The van der Waals surface area contributed by atoms with Crippen LogP contribution in [0.5, 0.6) is 0 Å². The SMILES string of the molecule is CCOP(=O)(CC)OCCC(C)C. The lowest BCUT2D eigenvalue weighted by Gasteiger charge is -2.16. The highest BCUT2D eigenvalue weighted by atomic mass is 31.2. The Morgan fingerprint density at radius 2 is 1.85 bits per heavy atom. The predicted octanol–water partition coefficient (Wildman–Crippen LogP) is 3.30. The van der Waals surface area contributed by atoms with Gasteiger partial charge in [-0.2, -0.15) is 0 Å². The Hall–Kier alpha value is 0.150. The summed E-state index contributed by atoms with van der Waals surface area (Å²) in [4.78, 5) is 0. The van der Waals surface area contributed by atoms with Gasteiger partial charge in [0, 0.05) is 6.16 Å². The lowest BCUT2D eigenvalue weighted by molar-refractivity contribution is 0.204. The van der Waals surface area contributed by atoms with Crippen molar-refractivity contribution in [2.45, 2.75) is 34.1 Å². The average molecular weight is 208 g/mol. The molecule has 0 aliphatic heterocycles. The topological polar surface area (TPSA) is 35.5 Å². The van der Waals surface area contributed by atoms with Gasteiger partial charge >= 0.3 is 7.60 Å². The molecule has 0 bridgehead atoms. The van der Waals surface area contributed by atoms with E-state index in [1.807, 2.05) is 13.8 Å². The minimum absolute atomic E-state index is 0.451. The summed E-state index contributed by atoms with van der Waals surface area (Å²) in [7, 11) is -2.76. The van der Waals surface area contributed by atoms with E-state index in [1.54, 1.807) is 0 Å². The quantitative estimate of drug-likeness (QED) is 0.602. The molecule has 0 spiro atoms. The first kappa shape index (κ1) is 13.2. The molecule has 0 radical (unpaired) electrons. The van der Waals surface area contributed by atoms with Crippen LogP contribution in [0, 0.1) is 5.92 Å². The summed E-state index contributed by atoms with van der Waals surface area (Å²) in [6.45, 7) is 8.86. The van der Waals surface area contributed by atoms with E-state index in [1.165, 1.54) is 0 Å².